The van der Waals surface area contributed by atoms with E-state index in [4.69, 9.17) is 0 Å². The minimum Gasteiger partial charge on any atom is -0.365 e. The summed E-state index contributed by atoms with van der Waals surface area (Å²) in [5.74, 6) is 4.60. The number of hydrogen-bond acceptors (Lipinski definition) is 7. The smallest absolute Gasteiger partial charge is 0.275 e. The molecule has 0 saturated heterocycles. The molecule has 0 radical (unpaired) electrons. The average molecular weight is 298 g/mol. The fourth-order valence-electron chi connectivity index (χ4n) is 1.10. The second-order valence-corrected chi connectivity index (χ2v) is 5.32. The average Bonchev–Trinajstić information content (AvgIpc) is 2.87. The van der Waals surface area contributed by atoms with Gasteiger partial charge in [0.15, 0.2) is 5.82 Å². The Hall–Kier alpha value is -1.72. The summed E-state index contributed by atoms with van der Waals surface area (Å²) in [7, 11) is 0. The van der Waals surface area contributed by atoms with Crippen molar-refractivity contribution in [2.75, 3.05) is 12.3 Å². The fourth-order valence-corrected chi connectivity index (χ4v) is 2.66. The molecule has 6 nitrogen and oxygen atoms in total. The van der Waals surface area contributed by atoms with Crippen LogP contribution in [0, 0.1) is 22.1 Å². The lowest BCUT2D eigenvalue weighted by Crippen LogP contribution is -2.26. The minimum atomic E-state index is -0.518. The van der Waals surface area contributed by atoms with Crippen LogP contribution in [0.3, 0.4) is 0 Å². The van der Waals surface area contributed by atoms with Crippen molar-refractivity contribution in [2.45, 2.75) is 12.7 Å². The van der Waals surface area contributed by atoms with E-state index < -0.39 is 4.92 Å². The molecule has 0 amide bonds. The molecule has 0 aliphatic rings. The maximum Gasteiger partial charge on any atom is 0.275 e. The van der Waals surface area contributed by atoms with Gasteiger partial charge in [0, 0.05) is 35.7 Å². The van der Waals surface area contributed by atoms with Crippen molar-refractivity contribution in [1.82, 2.24) is 15.6 Å². The van der Waals surface area contributed by atoms with E-state index in [1.54, 1.807) is 36.2 Å². The molecule has 0 spiro atoms. The molecule has 1 aromatic heterocycles. The van der Waals surface area contributed by atoms with Gasteiger partial charge in [-0.3, -0.25) is 15.4 Å². The van der Waals surface area contributed by atoms with Gasteiger partial charge in [0.25, 0.3) is 6.20 Å². The number of thiazole rings is 1. The van der Waals surface area contributed by atoms with Crippen LogP contribution in [0.15, 0.2) is 23.6 Å². The molecule has 0 aliphatic carbocycles. The van der Waals surface area contributed by atoms with E-state index in [9.17, 15) is 10.1 Å². The minimum absolute atomic E-state index is 0.300. The van der Waals surface area contributed by atoms with E-state index in [-0.39, 0.29) is 0 Å². The number of thioether (sulfide) groups is 1. The summed E-state index contributed by atoms with van der Waals surface area (Å²) in [6.45, 7) is 2.27. The van der Waals surface area contributed by atoms with Crippen LogP contribution >= 0.6 is 23.1 Å². The van der Waals surface area contributed by atoms with E-state index in [0.29, 0.717) is 12.4 Å². The molecule has 1 rings (SSSR count). The third kappa shape index (κ3) is 7.33. The molecule has 102 valence electrons. The first-order chi connectivity index (χ1) is 9.22. The number of aromatic nitrogens is 1. The molecule has 0 saturated carbocycles. The first-order valence-electron chi connectivity index (χ1n) is 5.45. The predicted molar refractivity (Wildman–Crippen MR) is 77.9 cm³/mol. The predicted octanol–water partition coefficient (Wildman–Crippen LogP) is 1.61. The van der Waals surface area contributed by atoms with Crippen molar-refractivity contribution in [3.05, 3.63) is 38.7 Å². The van der Waals surface area contributed by atoms with Crippen LogP contribution in [0.25, 0.3) is 0 Å². The Balaban J connectivity index is 2.23. The molecule has 2 N–H and O–H groups in total. The molecule has 0 aromatic carbocycles. The van der Waals surface area contributed by atoms with E-state index >= 15 is 0 Å². The molecule has 8 heteroatoms. The highest BCUT2D eigenvalue weighted by Crippen LogP contribution is 2.13. The van der Waals surface area contributed by atoms with E-state index in [2.05, 4.69) is 27.6 Å². The molecule has 0 aliphatic heterocycles. The van der Waals surface area contributed by atoms with Crippen LogP contribution in [0.5, 0.6) is 0 Å². The number of nitrogens with one attached hydrogen (secondary N) is 2. The van der Waals surface area contributed by atoms with Gasteiger partial charge in [-0.2, -0.15) is 11.8 Å². The lowest BCUT2D eigenvalue weighted by Gasteiger charge is -2.06. The van der Waals surface area contributed by atoms with Gasteiger partial charge < -0.3 is 5.32 Å². The van der Waals surface area contributed by atoms with Crippen LogP contribution in [0.2, 0.25) is 0 Å². The SMILES string of the molecule is CC#CN/C(=C/[N+](=O)[O-])NCCSCc1nccs1. The van der Waals surface area contributed by atoms with Crippen LogP contribution < -0.4 is 10.6 Å². The summed E-state index contributed by atoms with van der Waals surface area (Å²) in [6, 6.07) is 2.57. The van der Waals surface area contributed by atoms with Crippen molar-refractivity contribution in [3.8, 4) is 12.0 Å². The standard InChI is InChI=1S/C11H14N4O2S2/c1-2-3-12-10(8-15(16)17)13-4-6-18-9-11-14-5-7-19-11/h5,7-8,12-13H,4,6,9H2,1H3/b10-8-. The lowest BCUT2D eigenvalue weighted by molar-refractivity contribution is -0.404. The highest BCUT2D eigenvalue weighted by atomic mass is 32.2. The number of rotatable bonds is 8. The summed E-state index contributed by atoms with van der Waals surface area (Å²) in [5, 5.41) is 19.0. The van der Waals surface area contributed by atoms with Crippen LogP contribution in [-0.2, 0) is 5.75 Å². The Kier molecular flexibility index (Phi) is 7.46. The first kappa shape index (κ1) is 15.3. The van der Waals surface area contributed by atoms with Crippen LogP contribution in [-0.4, -0.2) is 22.2 Å². The van der Waals surface area contributed by atoms with Crippen molar-refractivity contribution in [3.63, 3.8) is 0 Å². The highest BCUT2D eigenvalue weighted by Gasteiger charge is 2.01. The first-order valence-corrected chi connectivity index (χ1v) is 7.49. The monoisotopic (exact) mass is 298 g/mol. The van der Waals surface area contributed by atoms with Crippen LogP contribution in [0.4, 0.5) is 0 Å². The maximum atomic E-state index is 10.4. The largest absolute Gasteiger partial charge is 0.365 e. The Bertz CT molecular complexity index is 477. The zero-order chi connectivity index (χ0) is 13.9. The van der Waals surface area contributed by atoms with Gasteiger partial charge in [-0.25, -0.2) is 4.98 Å². The van der Waals surface area contributed by atoms with Crippen LogP contribution in [0.1, 0.15) is 11.9 Å². The molecular weight excluding hydrogens is 284 g/mol. The summed E-state index contributed by atoms with van der Waals surface area (Å²) in [4.78, 5) is 14.1. The summed E-state index contributed by atoms with van der Waals surface area (Å²) in [5.41, 5.74) is 0. The molecule has 0 bridgehead atoms. The Morgan fingerprint density at radius 1 is 1.74 bits per heavy atom. The third-order valence-electron chi connectivity index (χ3n) is 1.83. The third-order valence-corrected chi connectivity index (χ3v) is 3.76. The molecular formula is C11H14N4O2S2. The molecule has 0 atom stereocenters. The van der Waals surface area contributed by atoms with Gasteiger partial charge in [-0.1, -0.05) is 5.92 Å². The summed E-state index contributed by atoms with van der Waals surface area (Å²) in [6.07, 6.45) is 2.65. The van der Waals surface area contributed by atoms with Crippen molar-refractivity contribution in [2.24, 2.45) is 0 Å². The normalized spacial score (nSPS) is 10.5. The fraction of sp³-hybridized carbons (Fsp3) is 0.364. The molecule has 0 unspecified atom stereocenters. The van der Waals surface area contributed by atoms with Gasteiger partial charge in [-0.15, -0.1) is 11.3 Å². The second kappa shape index (κ2) is 9.24. The lowest BCUT2D eigenvalue weighted by atomic mass is 10.6. The zero-order valence-corrected chi connectivity index (χ0v) is 12.0. The highest BCUT2D eigenvalue weighted by molar-refractivity contribution is 7.98. The quantitative estimate of drug-likeness (QED) is 0.249. The molecule has 1 aromatic rings. The molecule has 1 heterocycles. The number of hydrogen-bond donors (Lipinski definition) is 2. The van der Waals surface area contributed by atoms with Gasteiger partial charge >= 0.3 is 0 Å². The van der Waals surface area contributed by atoms with Crippen molar-refractivity contribution >= 4 is 23.1 Å². The summed E-state index contributed by atoms with van der Waals surface area (Å²) < 4.78 is 0. The van der Waals surface area contributed by atoms with E-state index in [0.717, 1.165) is 22.7 Å². The van der Waals surface area contributed by atoms with E-state index in [1.165, 1.54) is 0 Å². The summed E-state index contributed by atoms with van der Waals surface area (Å²) >= 11 is 3.34. The maximum absolute atomic E-state index is 10.4. The van der Waals surface area contributed by atoms with E-state index in [1.807, 2.05) is 5.38 Å². The Morgan fingerprint density at radius 2 is 2.58 bits per heavy atom. The second-order valence-electron chi connectivity index (χ2n) is 3.23. The van der Waals surface area contributed by atoms with Crippen molar-refractivity contribution in [1.29, 1.82) is 0 Å². The Labute approximate surface area is 119 Å². The van der Waals surface area contributed by atoms with Gasteiger partial charge in [0.05, 0.1) is 4.92 Å². The number of nitrogens with zero attached hydrogens (tertiary/aromatic N) is 2. The number of nitro groups is 1. The molecule has 0 fully saturated rings. The molecule has 19 heavy (non-hydrogen) atoms. The van der Waals surface area contributed by atoms with Gasteiger partial charge in [0.1, 0.15) is 5.01 Å². The van der Waals surface area contributed by atoms with Gasteiger partial charge in [-0.05, 0) is 6.92 Å². The zero-order valence-electron chi connectivity index (χ0n) is 10.4. The Morgan fingerprint density at radius 3 is 3.21 bits per heavy atom. The topological polar surface area (TPSA) is 80.1 Å². The van der Waals surface area contributed by atoms with Crippen molar-refractivity contribution < 1.29 is 4.92 Å². The van der Waals surface area contributed by atoms with Gasteiger partial charge in [0.2, 0.25) is 0 Å².